The first-order valence-electron chi connectivity index (χ1n) is 12.5. The van der Waals surface area contributed by atoms with E-state index in [0.29, 0.717) is 28.3 Å². The van der Waals surface area contributed by atoms with E-state index in [0.717, 1.165) is 52.5 Å². The topological polar surface area (TPSA) is 128 Å². The molecule has 7 rings (SSSR count). The molecule has 1 aliphatic rings. The lowest BCUT2D eigenvalue weighted by molar-refractivity contribution is 0.0851. The minimum absolute atomic E-state index is 0.280. The zero-order valence-electron chi connectivity index (χ0n) is 20.2. The standard InChI is InChI=1S/C28H23FN8O/c29-18-6-2-5-16(7-18)21-12-31-13-24-25(21)35-27(34-24)26-20-9-22(32-14-23(20)36-37-26)17-8-19(11-30-10-17)33-28(38)15-3-1-4-15/h2,5-15,28,33,38H,1,3-4H2,(H,34,35)(H,36,37). The number of aliphatic hydroxyl groups is 1. The van der Waals surface area contributed by atoms with Crippen LogP contribution < -0.4 is 5.32 Å². The third-order valence-corrected chi connectivity index (χ3v) is 7.15. The number of hydrogen-bond donors (Lipinski definition) is 4. The molecule has 1 atom stereocenters. The average Bonchev–Trinajstić information content (AvgIpc) is 3.51. The smallest absolute Gasteiger partial charge is 0.159 e. The first kappa shape index (κ1) is 22.5. The first-order valence-corrected chi connectivity index (χ1v) is 12.5. The Bertz CT molecular complexity index is 1790. The summed E-state index contributed by atoms with van der Waals surface area (Å²) in [6.07, 6.45) is 11.2. The molecule has 10 heteroatoms. The number of hydrogen-bond acceptors (Lipinski definition) is 7. The Balaban J connectivity index is 1.26. The highest BCUT2D eigenvalue weighted by Crippen LogP contribution is 2.33. The van der Waals surface area contributed by atoms with Crippen LogP contribution in [0.4, 0.5) is 10.1 Å². The molecule has 5 heterocycles. The summed E-state index contributed by atoms with van der Waals surface area (Å²) in [7, 11) is 0. The van der Waals surface area contributed by atoms with Crippen LogP contribution in [0.15, 0.2) is 67.4 Å². The predicted molar refractivity (Wildman–Crippen MR) is 142 cm³/mol. The van der Waals surface area contributed by atoms with E-state index in [1.54, 1.807) is 37.1 Å². The number of aliphatic hydroxyl groups excluding tert-OH is 1. The van der Waals surface area contributed by atoms with Crippen molar-refractivity contribution in [2.45, 2.75) is 25.5 Å². The maximum absolute atomic E-state index is 13.9. The molecule has 0 saturated heterocycles. The number of halogens is 1. The normalized spacial score (nSPS) is 14.6. The predicted octanol–water partition coefficient (Wildman–Crippen LogP) is 5.29. The number of rotatable bonds is 6. The molecular weight excluding hydrogens is 483 g/mol. The minimum Gasteiger partial charge on any atom is -0.374 e. The van der Waals surface area contributed by atoms with Gasteiger partial charge in [-0.2, -0.15) is 5.10 Å². The van der Waals surface area contributed by atoms with Crippen LogP contribution in [0.3, 0.4) is 0 Å². The van der Waals surface area contributed by atoms with Gasteiger partial charge in [0.15, 0.2) is 5.82 Å². The van der Waals surface area contributed by atoms with Gasteiger partial charge in [-0.15, -0.1) is 0 Å². The second kappa shape index (κ2) is 9.00. The summed E-state index contributed by atoms with van der Waals surface area (Å²) in [4.78, 5) is 21.4. The van der Waals surface area contributed by atoms with Crippen molar-refractivity contribution in [2.75, 3.05) is 5.32 Å². The van der Waals surface area contributed by atoms with Crippen LogP contribution in [0, 0.1) is 11.7 Å². The van der Waals surface area contributed by atoms with Crippen molar-refractivity contribution in [1.82, 2.24) is 35.1 Å². The zero-order chi connectivity index (χ0) is 25.6. The van der Waals surface area contributed by atoms with Gasteiger partial charge in [0.05, 0.1) is 46.5 Å². The van der Waals surface area contributed by atoms with Crippen LogP contribution in [-0.4, -0.2) is 46.5 Å². The van der Waals surface area contributed by atoms with E-state index in [2.05, 4.69) is 35.5 Å². The molecule has 38 heavy (non-hydrogen) atoms. The molecule has 1 aliphatic carbocycles. The van der Waals surface area contributed by atoms with Gasteiger partial charge in [0.2, 0.25) is 0 Å². The number of aromatic amines is 2. The SMILES string of the molecule is OC(Nc1cncc(-c2cc3c(-c4nc5c(-c6cccc(F)c6)cncc5[nH]4)n[nH]c3cn2)c1)C1CCC1. The Hall–Kier alpha value is -4.70. The summed E-state index contributed by atoms with van der Waals surface area (Å²) in [6, 6.07) is 10.2. The highest BCUT2D eigenvalue weighted by molar-refractivity contribution is 5.97. The van der Waals surface area contributed by atoms with Crippen molar-refractivity contribution in [3.63, 3.8) is 0 Å². The Morgan fingerprint density at radius 2 is 1.87 bits per heavy atom. The van der Waals surface area contributed by atoms with Gasteiger partial charge >= 0.3 is 0 Å². The van der Waals surface area contributed by atoms with Crippen LogP contribution in [0.1, 0.15) is 19.3 Å². The number of anilines is 1. The number of fused-ring (bicyclic) bond motifs is 2. The lowest BCUT2D eigenvalue weighted by Crippen LogP contribution is -2.33. The first-order chi connectivity index (χ1) is 18.6. The number of pyridine rings is 3. The third-order valence-electron chi connectivity index (χ3n) is 7.15. The van der Waals surface area contributed by atoms with Crippen LogP contribution in [0.5, 0.6) is 0 Å². The second-order valence-electron chi connectivity index (χ2n) is 9.61. The average molecular weight is 507 g/mol. The molecule has 1 fully saturated rings. The molecule has 1 unspecified atom stereocenters. The van der Waals surface area contributed by atoms with E-state index in [4.69, 9.17) is 4.98 Å². The molecule has 6 aromatic rings. The number of imidazole rings is 1. The summed E-state index contributed by atoms with van der Waals surface area (Å²) in [5.41, 5.74) is 6.49. The number of nitrogens with zero attached hydrogens (tertiary/aromatic N) is 5. The Morgan fingerprint density at radius 1 is 0.974 bits per heavy atom. The van der Waals surface area contributed by atoms with Gasteiger partial charge in [0, 0.05) is 34.8 Å². The number of benzene rings is 1. The van der Waals surface area contributed by atoms with E-state index in [1.165, 1.54) is 12.1 Å². The largest absolute Gasteiger partial charge is 0.374 e. The molecule has 0 spiro atoms. The molecule has 0 amide bonds. The van der Waals surface area contributed by atoms with Gasteiger partial charge in [-0.1, -0.05) is 18.6 Å². The fourth-order valence-corrected chi connectivity index (χ4v) is 4.87. The van der Waals surface area contributed by atoms with Gasteiger partial charge in [0.25, 0.3) is 0 Å². The Morgan fingerprint density at radius 3 is 2.71 bits per heavy atom. The maximum atomic E-state index is 13.9. The fourth-order valence-electron chi connectivity index (χ4n) is 4.87. The van der Waals surface area contributed by atoms with E-state index in [1.807, 2.05) is 18.2 Å². The Kier molecular flexibility index (Phi) is 5.33. The van der Waals surface area contributed by atoms with Crippen molar-refractivity contribution in [2.24, 2.45) is 5.92 Å². The van der Waals surface area contributed by atoms with Crippen LogP contribution in [-0.2, 0) is 0 Å². The molecule has 1 aromatic carbocycles. The molecule has 0 radical (unpaired) electrons. The van der Waals surface area contributed by atoms with Crippen LogP contribution in [0.25, 0.3) is 55.8 Å². The summed E-state index contributed by atoms with van der Waals surface area (Å²) in [6.45, 7) is 0. The van der Waals surface area contributed by atoms with E-state index in [9.17, 15) is 9.50 Å². The van der Waals surface area contributed by atoms with Crippen molar-refractivity contribution in [1.29, 1.82) is 0 Å². The molecule has 4 N–H and O–H groups in total. The molecule has 0 bridgehead atoms. The van der Waals surface area contributed by atoms with Crippen molar-refractivity contribution >= 4 is 27.6 Å². The van der Waals surface area contributed by atoms with Gasteiger partial charge in [0.1, 0.15) is 17.7 Å². The fraction of sp³-hybridized carbons (Fsp3) is 0.179. The minimum atomic E-state index is -0.587. The number of nitrogens with one attached hydrogen (secondary N) is 3. The number of H-pyrrole nitrogens is 2. The van der Waals surface area contributed by atoms with Gasteiger partial charge in [-0.25, -0.2) is 9.37 Å². The monoisotopic (exact) mass is 506 g/mol. The zero-order valence-corrected chi connectivity index (χ0v) is 20.2. The molecular formula is C28H23FN8O. The summed E-state index contributed by atoms with van der Waals surface area (Å²) >= 11 is 0. The maximum Gasteiger partial charge on any atom is 0.159 e. The highest BCUT2D eigenvalue weighted by Gasteiger charge is 2.25. The van der Waals surface area contributed by atoms with Crippen molar-refractivity contribution in [3.8, 4) is 33.9 Å². The van der Waals surface area contributed by atoms with Gasteiger partial charge in [-0.05, 0) is 42.7 Å². The van der Waals surface area contributed by atoms with E-state index >= 15 is 0 Å². The van der Waals surface area contributed by atoms with Crippen molar-refractivity contribution < 1.29 is 9.50 Å². The molecule has 0 aliphatic heterocycles. The van der Waals surface area contributed by atoms with E-state index < -0.39 is 6.23 Å². The van der Waals surface area contributed by atoms with E-state index in [-0.39, 0.29) is 11.7 Å². The number of aromatic nitrogens is 7. The lowest BCUT2D eigenvalue weighted by Gasteiger charge is -2.31. The lowest BCUT2D eigenvalue weighted by atomic mass is 9.84. The Labute approximate surface area is 216 Å². The molecule has 1 saturated carbocycles. The molecule has 9 nitrogen and oxygen atoms in total. The highest BCUT2D eigenvalue weighted by atomic mass is 19.1. The molecule has 188 valence electrons. The van der Waals surface area contributed by atoms with Gasteiger partial charge in [-0.3, -0.25) is 20.1 Å². The van der Waals surface area contributed by atoms with Gasteiger partial charge < -0.3 is 15.4 Å². The van der Waals surface area contributed by atoms with Crippen LogP contribution in [0.2, 0.25) is 0 Å². The third kappa shape index (κ3) is 3.95. The van der Waals surface area contributed by atoms with Crippen LogP contribution >= 0.6 is 0 Å². The summed E-state index contributed by atoms with van der Waals surface area (Å²) < 4.78 is 13.9. The second-order valence-corrected chi connectivity index (χ2v) is 9.61. The molecule has 5 aromatic heterocycles. The summed E-state index contributed by atoms with van der Waals surface area (Å²) in [5.74, 6) is 0.521. The quantitative estimate of drug-likeness (QED) is 0.226. The van der Waals surface area contributed by atoms with Crippen molar-refractivity contribution in [3.05, 3.63) is 73.2 Å². The summed E-state index contributed by atoms with van der Waals surface area (Å²) in [5, 5.41) is 22.0.